The zero-order valence-electron chi connectivity index (χ0n) is 25.2. The first-order valence-electron chi connectivity index (χ1n) is 15.9. The zero-order chi connectivity index (χ0) is 29.0. The van der Waals surface area contributed by atoms with E-state index in [1.165, 1.54) is 77.0 Å². The van der Waals surface area contributed by atoms with Crippen molar-refractivity contribution in [2.45, 2.75) is 122 Å². The Hall–Kier alpha value is -2.16. The summed E-state index contributed by atoms with van der Waals surface area (Å²) in [5, 5.41) is 0. The Morgan fingerprint density at radius 1 is 0.537 bits per heavy atom. The molecule has 2 nitrogen and oxygen atoms in total. The molecule has 0 heterocycles. The Morgan fingerprint density at radius 3 is 1.51 bits per heavy atom. The predicted octanol–water partition coefficient (Wildman–Crippen LogP) is 12.0. The fourth-order valence-corrected chi connectivity index (χ4v) is 5.96. The molecule has 0 saturated carbocycles. The number of ether oxygens (including phenoxy) is 2. The van der Waals surface area contributed by atoms with E-state index in [9.17, 15) is 0 Å². The molecule has 41 heavy (non-hydrogen) atoms. The molecule has 0 radical (unpaired) electrons. The van der Waals surface area contributed by atoms with Crippen LogP contribution in [-0.4, -0.2) is 0 Å². The SMILES string of the molecule is CCCCCCCCCCCCCCCc1c(CCl)c(CCl)cc(OCc2ccccc2)c1OCc1ccccc1. The summed E-state index contributed by atoms with van der Waals surface area (Å²) in [5.74, 6) is 2.37. The third-order valence-corrected chi connectivity index (χ3v) is 8.38. The molecule has 0 aliphatic carbocycles. The van der Waals surface area contributed by atoms with Crippen LogP contribution in [0.15, 0.2) is 66.7 Å². The lowest BCUT2D eigenvalue weighted by Gasteiger charge is -2.22. The second kappa shape index (κ2) is 20.7. The maximum atomic E-state index is 6.53. The molecule has 0 spiro atoms. The van der Waals surface area contributed by atoms with E-state index in [-0.39, 0.29) is 0 Å². The number of rotatable bonds is 22. The summed E-state index contributed by atoms with van der Waals surface area (Å²) >= 11 is 13.0. The van der Waals surface area contributed by atoms with Crippen molar-refractivity contribution in [1.29, 1.82) is 0 Å². The van der Waals surface area contributed by atoms with Gasteiger partial charge in [-0.25, -0.2) is 0 Å². The van der Waals surface area contributed by atoms with Gasteiger partial charge < -0.3 is 9.47 Å². The molecule has 0 fully saturated rings. The van der Waals surface area contributed by atoms with Gasteiger partial charge in [-0.3, -0.25) is 0 Å². The van der Waals surface area contributed by atoms with Crippen LogP contribution in [-0.2, 0) is 31.4 Å². The molecule has 224 valence electrons. The van der Waals surface area contributed by atoms with Crippen LogP contribution in [0.2, 0.25) is 0 Å². The van der Waals surface area contributed by atoms with Crippen molar-refractivity contribution >= 4 is 23.2 Å². The molecule has 3 aromatic carbocycles. The van der Waals surface area contributed by atoms with Gasteiger partial charge in [0.2, 0.25) is 0 Å². The smallest absolute Gasteiger partial charge is 0.165 e. The Bertz CT molecular complexity index is 1090. The number of halogens is 2. The molecular weight excluding hydrogens is 547 g/mol. The summed E-state index contributed by atoms with van der Waals surface area (Å²) in [4.78, 5) is 0. The van der Waals surface area contributed by atoms with E-state index < -0.39 is 0 Å². The lowest BCUT2D eigenvalue weighted by atomic mass is 9.95. The molecule has 0 saturated heterocycles. The number of hydrogen-bond acceptors (Lipinski definition) is 2. The van der Waals surface area contributed by atoms with Crippen molar-refractivity contribution in [2.24, 2.45) is 0 Å². The van der Waals surface area contributed by atoms with Gasteiger partial charge in [0.1, 0.15) is 13.2 Å². The van der Waals surface area contributed by atoms with E-state index >= 15 is 0 Å². The molecule has 0 unspecified atom stereocenters. The molecule has 0 aliphatic rings. The second-order valence-electron chi connectivity index (χ2n) is 11.1. The number of alkyl halides is 2. The van der Waals surface area contributed by atoms with E-state index in [0.717, 1.165) is 52.2 Å². The van der Waals surface area contributed by atoms with Gasteiger partial charge in [0.15, 0.2) is 11.5 Å². The monoisotopic (exact) mass is 596 g/mol. The fourth-order valence-electron chi connectivity index (χ4n) is 5.39. The quantitative estimate of drug-likeness (QED) is 0.0847. The Kier molecular flexibility index (Phi) is 16.8. The minimum absolute atomic E-state index is 0.397. The van der Waals surface area contributed by atoms with Crippen molar-refractivity contribution in [3.8, 4) is 11.5 Å². The van der Waals surface area contributed by atoms with E-state index in [2.05, 4.69) is 31.2 Å². The maximum absolute atomic E-state index is 6.53. The minimum Gasteiger partial charge on any atom is -0.485 e. The Balaban J connectivity index is 1.60. The maximum Gasteiger partial charge on any atom is 0.165 e. The highest BCUT2D eigenvalue weighted by molar-refractivity contribution is 6.19. The van der Waals surface area contributed by atoms with Crippen LogP contribution in [0.25, 0.3) is 0 Å². The van der Waals surface area contributed by atoms with Gasteiger partial charge in [-0.1, -0.05) is 145 Å². The summed E-state index contributed by atoms with van der Waals surface area (Å²) in [7, 11) is 0. The van der Waals surface area contributed by atoms with Crippen molar-refractivity contribution < 1.29 is 9.47 Å². The molecule has 0 aromatic heterocycles. The topological polar surface area (TPSA) is 18.5 Å². The van der Waals surface area contributed by atoms with E-state index in [0.29, 0.717) is 25.0 Å². The largest absolute Gasteiger partial charge is 0.485 e. The molecule has 0 atom stereocenters. The van der Waals surface area contributed by atoms with Gasteiger partial charge in [0, 0.05) is 17.3 Å². The van der Waals surface area contributed by atoms with Crippen LogP contribution in [0, 0.1) is 0 Å². The van der Waals surface area contributed by atoms with E-state index in [4.69, 9.17) is 32.7 Å². The second-order valence-corrected chi connectivity index (χ2v) is 11.7. The fraction of sp³-hybridized carbons (Fsp3) is 0.514. The minimum atomic E-state index is 0.397. The molecular formula is C37H50Cl2O2. The van der Waals surface area contributed by atoms with Crippen LogP contribution in [0.5, 0.6) is 11.5 Å². The molecule has 3 rings (SSSR count). The summed E-state index contributed by atoms with van der Waals surface area (Å²) in [6, 6.07) is 22.6. The molecule has 0 amide bonds. The van der Waals surface area contributed by atoms with Gasteiger partial charge in [-0.05, 0) is 41.2 Å². The van der Waals surface area contributed by atoms with Gasteiger partial charge in [-0.2, -0.15) is 0 Å². The first-order valence-corrected chi connectivity index (χ1v) is 17.0. The van der Waals surface area contributed by atoms with E-state index in [1.54, 1.807) is 0 Å². The van der Waals surface area contributed by atoms with Crippen molar-refractivity contribution in [3.05, 3.63) is 94.5 Å². The normalized spacial score (nSPS) is 11.1. The molecule has 0 aliphatic heterocycles. The van der Waals surface area contributed by atoms with Crippen LogP contribution < -0.4 is 9.47 Å². The Labute approximate surface area is 259 Å². The van der Waals surface area contributed by atoms with Crippen molar-refractivity contribution in [1.82, 2.24) is 0 Å². The van der Waals surface area contributed by atoms with Crippen LogP contribution in [0.4, 0.5) is 0 Å². The highest BCUT2D eigenvalue weighted by atomic mass is 35.5. The summed E-state index contributed by atoms with van der Waals surface area (Å²) in [6.45, 7) is 3.24. The molecule has 3 aromatic rings. The average Bonchev–Trinajstić information content (AvgIpc) is 3.02. The highest BCUT2D eigenvalue weighted by Crippen LogP contribution is 2.40. The van der Waals surface area contributed by atoms with Gasteiger partial charge >= 0.3 is 0 Å². The Morgan fingerprint density at radius 2 is 1.02 bits per heavy atom. The average molecular weight is 598 g/mol. The lowest BCUT2D eigenvalue weighted by molar-refractivity contribution is 0.253. The zero-order valence-corrected chi connectivity index (χ0v) is 26.7. The number of hydrogen-bond donors (Lipinski definition) is 0. The van der Waals surface area contributed by atoms with Crippen molar-refractivity contribution in [3.63, 3.8) is 0 Å². The van der Waals surface area contributed by atoms with E-state index in [1.807, 2.05) is 42.5 Å². The van der Waals surface area contributed by atoms with Gasteiger partial charge in [0.05, 0.1) is 0 Å². The van der Waals surface area contributed by atoms with Crippen LogP contribution in [0.3, 0.4) is 0 Å². The molecule has 0 N–H and O–H groups in total. The summed E-state index contributed by atoms with van der Waals surface area (Å²) < 4.78 is 12.9. The summed E-state index contributed by atoms with van der Waals surface area (Å²) in [5.41, 5.74) is 5.52. The molecule has 0 bridgehead atoms. The molecule has 4 heteroatoms. The standard InChI is InChI=1S/C37H50Cl2O2/c1-2-3-4-5-6-7-8-9-10-11-12-13-20-25-34-35(28-39)33(27-38)26-36(40-29-31-21-16-14-17-22-31)37(34)41-30-32-23-18-15-19-24-32/h14-19,21-24,26H,2-13,20,25,27-30H2,1H3. The number of benzene rings is 3. The third kappa shape index (κ3) is 12.3. The predicted molar refractivity (Wildman–Crippen MR) is 177 cm³/mol. The van der Waals surface area contributed by atoms with Crippen LogP contribution in [0.1, 0.15) is 118 Å². The highest BCUT2D eigenvalue weighted by Gasteiger charge is 2.20. The van der Waals surface area contributed by atoms with Crippen molar-refractivity contribution in [2.75, 3.05) is 0 Å². The first kappa shape index (κ1) is 33.3. The van der Waals surface area contributed by atoms with Gasteiger partial charge in [0.25, 0.3) is 0 Å². The summed E-state index contributed by atoms with van der Waals surface area (Å²) in [6.07, 6.45) is 18.3. The first-order chi connectivity index (χ1) is 20.3. The third-order valence-electron chi connectivity index (χ3n) is 7.83. The lowest BCUT2D eigenvalue weighted by Crippen LogP contribution is -2.08. The number of unbranched alkanes of at least 4 members (excludes halogenated alkanes) is 12. The van der Waals surface area contributed by atoms with Gasteiger partial charge in [-0.15, -0.1) is 23.2 Å². The van der Waals surface area contributed by atoms with Crippen LogP contribution >= 0.6 is 23.2 Å².